The van der Waals surface area contributed by atoms with Crippen LogP contribution in [0.1, 0.15) is 36.9 Å². The van der Waals surface area contributed by atoms with Gasteiger partial charge in [-0.25, -0.2) is 4.98 Å². The molecule has 24 heavy (non-hydrogen) atoms. The van der Waals surface area contributed by atoms with Gasteiger partial charge in [-0.3, -0.25) is 14.4 Å². The van der Waals surface area contributed by atoms with Crippen molar-refractivity contribution in [2.24, 2.45) is 0 Å². The minimum Gasteiger partial charge on any atom is -0.480 e. The van der Waals surface area contributed by atoms with Crippen molar-refractivity contribution in [3.8, 4) is 0 Å². The van der Waals surface area contributed by atoms with Crippen LogP contribution in [0.15, 0.2) is 12.1 Å². The van der Waals surface area contributed by atoms with Crippen LogP contribution < -0.4 is 10.6 Å². The summed E-state index contributed by atoms with van der Waals surface area (Å²) < 4.78 is 38.7. The smallest absolute Gasteiger partial charge is 0.416 e. The molecule has 2 amide bonds. The van der Waals surface area contributed by atoms with Crippen LogP contribution in [0.3, 0.4) is 0 Å². The van der Waals surface area contributed by atoms with Gasteiger partial charge in [0.25, 0.3) is 0 Å². The van der Waals surface area contributed by atoms with Gasteiger partial charge in [-0.2, -0.15) is 13.2 Å². The average Bonchev–Trinajstić information content (AvgIpc) is 3.30. The Bertz CT molecular complexity index is 686. The van der Waals surface area contributed by atoms with E-state index in [0.717, 1.165) is 13.0 Å². The quantitative estimate of drug-likeness (QED) is 0.717. The molecule has 1 fully saturated rings. The summed E-state index contributed by atoms with van der Waals surface area (Å²) in [5.41, 5.74) is -0.784. The van der Waals surface area contributed by atoms with Crippen molar-refractivity contribution >= 4 is 23.6 Å². The van der Waals surface area contributed by atoms with Gasteiger partial charge in [0.15, 0.2) is 0 Å². The minimum absolute atomic E-state index is 0.0937. The molecule has 2 rings (SSSR count). The fourth-order valence-electron chi connectivity index (χ4n) is 1.86. The molecule has 0 unspecified atom stereocenters. The number of amides is 2. The van der Waals surface area contributed by atoms with E-state index >= 15 is 0 Å². The molecule has 10 heteroatoms. The maximum atomic E-state index is 12.9. The number of alkyl halides is 3. The molecule has 130 valence electrons. The molecule has 1 aliphatic rings. The number of hydrogen-bond acceptors (Lipinski definition) is 4. The number of carboxylic acid groups (broad SMARTS) is 1. The molecule has 1 atom stereocenters. The summed E-state index contributed by atoms with van der Waals surface area (Å²) >= 11 is 0. The van der Waals surface area contributed by atoms with E-state index in [2.05, 4.69) is 4.98 Å². The largest absolute Gasteiger partial charge is 0.480 e. The number of halogens is 3. The Morgan fingerprint density at radius 1 is 1.25 bits per heavy atom. The highest BCUT2D eigenvalue weighted by atomic mass is 19.4. The predicted octanol–water partition coefficient (Wildman–Crippen LogP) is 1.51. The number of carbonyl (C=O) groups excluding carboxylic acids is 2. The van der Waals surface area contributed by atoms with Gasteiger partial charge in [-0.15, -0.1) is 0 Å². The first kappa shape index (κ1) is 17.7. The molecule has 0 radical (unpaired) electrons. The molecule has 1 heterocycles. The highest BCUT2D eigenvalue weighted by Crippen LogP contribution is 2.41. The fraction of sp³-hybridized carbons (Fsp3) is 0.429. The number of carboxylic acids is 1. The number of rotatable bonds is 4. The zero-order valence-electron chi connectivity index (χ0n) is 12.5. The first-order chi connectivity index (χ1) is 11.1. The van der Waals surface area contributed by atoms with E-state index in [4.69, 9.17) is 5.11 Å². The van der Waals surface area contributed by atoms with Crippen LogP contribution in [0, 0.1) is 0 Å². The lowest BCUT2D eigenvalue weighted by Gasteiger charge is -2.12. The van der Waals surface area contributed by atoms with E-state index in [1.165, 1.54) is 0 Å². The third kappa shape index (κ3) is 4.43. The van der Waals surface area contributed by atoms with Gasteiger partial charge in [-0.05, 0) is 31.9 Å². The monoisotopic (exact) mass is 345 g/mol. The molecule has 0 bridgehead atoms. The average molecular weight is 345 g/mol. The van der Waals surface area contributed by atoms with Crippen molar-refractivity contribution in [3.05, 3.63) is 23.4 Å². The molecule has 1 aromatic heterocycles. The number of nitrogens with zero attached hydrogens (tertiary/aromatic N) is 1. The molecule has 0 spiro atoms. The van der Waals surface area contributed by atoms with Crippen LogP contribution in [0.25, 0.3) is 0 Å². The molecule has 0 saturated heterocycles. The van der Waals surface area contributed by atoms with Gasteiger partial charge < -0.3 is 15.7 Å². The first-order valence-electron chi connectivity index (χ1n) is 7.01. The van der Waals surface area contributed by atoms with Gasteiger partial charge in [0.05, 0.1) is 5.56 Å². The summed E-state index contributed by atoms with van der Waals surface area (Å²) in [6, 6.07) is 0.220. The van der Waals surface area contributed by atoms with Gasteiger partial charge in [0.2, 0.25) is 0 Å². The van der Waals surface area contributed by atoms with E-state index < -0.39 is 41.4 Å². The summed E-state index contributed by atoms with van der Waals surface area (Å²) in [7, 11) is 0. The van der Waals surface area contributed by atoms with Crippen LogP contribution in [0.4, 0.5) is 19.0 Å². The van der Waals surface area contributed by atoms with E-state index in [9.17, 15) is 27.6 Å². The Morgan fingerprint density at radius 2 is 1.88 bits per heavy atom. The standard InChI is InChI=1S/C14H14F3N3O4/c1-6(13(23)24)18-11(21)12(22)20-10-5-8(14(15,16)17)4-9(19-10)7-2-3-7/h4-7H,2-3H2,1H3,(H,18,21)(H,23,24)(H,19,20,22)/t6-/m0/s1. The molecule has 0 aromatic carbocycles. The van der Waals surface area contributed by atoms with Crippen molar-refractivity contribution in [2.45, 2.75) is 37.9 Å². The third-order valence-electron chi connectivity index (χ3n) is 3.33. The van der Waals surface area contributed by atoms with E-state index in [1.54, 1.807) is 0 Å². The van der Waals surface area contributed by atoms with Crippen molar-refractivity contribution in [1.82, 2.24) is 10.3 Å². The van der Waals surface area contributed by atoms with Crippen LogP contribution in [-0.4, -0.2) is 33.9 Å². The Morgan fingerprint density at radius 3 is 2.38 bits per heavy atom. The molecule has 1 aromatic rings. The van der Waals surface area contributed by atoms with Gasteiger partial charge >= 0.3 is 24.0 Å². The van der Waals surface area contributed by atoms with Crippen LogP contribution in [0.2, 0.25) is 0 Å². The molecule has 7 nitrogen and oxygen atoms in total. The Balaban J connectivity index is 2.16. The number of nitrogens with one attached hydrogen (secondary N) is 2. The fourth-order valence-corrected chi connectivity index (χ4v) is 1.86. The normalized spacial score (nSPS) is 15.5. The van der Waals surface area contributed by atoms with Gasteiger partial charge in [0, 0.05) is 11.6 Å². The number of hydrogen-bond donors (Lipinski definition) is 3. The Labute approximate surface area is 134 Å². The number of carbonyl (C=O) groups is 3. The molecule has 3 N–H and O–H groups in total. The maximum Gasteiger partial charge on any atom is 0.416 e. The summed E-state index contributed by atoms with van der Waals surface area (Å²) in [6.45, 7) is 1.14. The van der Waals surface area contributed by atoms with E-state index in [-0.39, 0.29) is 11.6 Å². The predicted molar refractivity (Wildman–Crippen MR) is 75.1 cm³/mol. The second-order valence-electron chi connectivity index (χ2n) is 5.43. The minimum atomic E-state index is -4.62. The van der Waals surface area contributed by atoms with Crippen LogP contribution >= 0.6 is 0 Å². The zero-order chi connectivity index (χ0) is 18.1. The summed E-state index contributed by atoms with van der Waals surface area (Å²) in [5.74, 6) is -4.43. The maximum absolute atomic E-state index is 12.9. The molecule has 0 aliphatic heterocycles. The summed E-state index contributed by atoms with van der Waals surface area (Å²) in [6.07, 6.45) is -3.21. The van der Waals surface area contributed by atoms with Crippen molar-refractivity contribution in [1.29, 1.82) is 0 Å². The number of anilines is 1. The van der Waals surface area contributed by atoms with Crippen LogP contribution in [-0.2, 0) is 20.6 Å². The van der Waals surface area contributed by atoms with Crippen molar-refractivity contribution in [3.63, 3.8) is 0 Å². The van der Waals surface area contributed by atoms with Gasteiger partial charge in [0.1, 0.15) is 11.9 Å². The number of pyridine rings is 1. The molecule has 1 aliphatic carbocycles. The van der Waals surface area contributed by atoms with E-state index in [1.807, 2.05) is 10.6 Å². The first-order valence-corrected chi connectivity index (χ1v) is 7.01. The Kier molecular flexibility index (Phi) is 4.76. The molecular weight excluding hydrogens is 331 g/mol. The molecular formula is C14H14F3N3O4. The lowest BCUT2D eigenvalue weighted by atomic mass is 10.1. The van der Waals surface area contributed by atoms with Gasteiger partial charge in [-0.1, -0.05) is 0 Å². The number of aromatic nitrogens is 1. The number of aliphatic carboxylic acids is 1. The third-order valence-corrected chi connectivity index (χ3v) is 3.33. The SMILES string of the molecule is C[C@H](NC(=O)C(=O)Nc1cc(C(F)(F)F)cc(C2CC2)n1)C(=O)O. The van der Waals surface area contributed by atoms with Crippen LogP contribution in [0.5, 0.6) is 0 Å². The highest BCUT2D eigenvalue weighted by molar-refractivity contribution is 6.39. The van der Waals surface area contributed by atoms with E-state index in [0.29, 0.717) is 18.9 Å². The second kappa shape index (κ2) is 6.46. The summed E-state index contributed by atoms with van der Waals surface area (Å²) in [5, 5.41) is 12.5. The zero-order valence-corrected chi connectivity index (χ0v) is 12.5. The highest BCUT2D eigenvalue weighted by Gasteiger charge is 2.34. The summed E-state index contributed by atoms with van der Waals surface area (Å²) in [4.78, 5) is 37.8. The second-order valence-corrected chi connectivity index (χ2v) is 5.43. The Hall–Kier alpha value is -2.65. The lowest BCUT2D eigenvalue weighted by Crippen LogP contribution is -2.44. The topological polar surface area (TPSA) is 108 Å². The van der Waals surface area contributed by atoms with Crippen molar-refractivity contribution < 1.29 is 32.7 Å². The van der Waals surface area contributed by atoms with Crippen molar-refractivity contribution in [2.75, 3.05) is 5.32 Å². The lowest BCUT2D eigenvalue weighted by molar-refractivity contribution is -0.143. The molecule has 1 saturated carbocycles.